The Hall–Kier alpha value is -2.34. The molecule has 0 aliphatic carbocycles. The summed E-state index contributed by atoms with van der Waals surface area (Å²) in [5, 5.41) is 3.32. The molecular weight excluding hydrogens is 356 g/mol. The minimum absolute atomic E-state index is 0.117. The summed E-state index contributed by atoms with van der Waals surface area (Å²) in [4.78, 5) is 36.7. The Morgan fingerprint density at radius 2 is 1.92 bits per heavy atom. The molecule has 0 fully saturated rings. The van der Waals surface area contributed by atoms with E-state index < -0.39 is 5.92 Å². The highest BCUT2D eigenvalue weighted by atomic mass is 35.5. The third-order valence-corrected chi connectivity index (χ3v) is 3.93. The maximum absolute atomic E-state index is 12.5. The van der Waals surface area contributed by atoms with E-state index in [-0.39, 0.29) is 24.3 Å². The predicted molar refractivity (Wildman–Crippen MR) is 102 cm³/mol. The molecule has 1 atom stereocenters. The van der Waals surface area contributed by atoms with Gasteiger partial charge in [0.25, 0.3) is 0 Å². The molecule has 0 aliphatic heterocycles. The number of nitrogens with one attached hydrogen (secondary N) is 1. The third-order valence-electron chi connectivity index (χ3n) is 3.68. The molecule has 1 aromatic carbocycles. The van der Waals surface area contributed by atoms with Crippen molar-refractivity contribution < 1.29 is 19.1 Å². The highest BCUT2D eigenvalue weighted by Gasteiger charge is 2.20. The van der Waals surface area contributed by atoms with Crippen molar-refractivity contribution in [3.8, 4) is 0 Å². The van der Waals surface area contributed by atoms with Gasteiger partial charge in [-0.1, -0.05) is 30.7 Å². The summed E-state index contributed by atoms with van der Waals surface area (Å²) in [6.07, 6.45) is 3.75. The van der Waals surface area contributed by atoms with Gasteiger partial charge in [0.1, 0.15) is 0 Å². The SMILES string of the molecule is COC(=O)C(C)CN(CCCNC(C)=O)C(=O)/C=C/c1ccc(Cl)cc1. The molecular formula is C19H25ClN2O4. The highest BCUT2D eigenvalue weighted by Crippen LogP contribution is 2.11. The Kier molecular flexibility index (Phi) is 9.44. The van der Waals surface area contributed by atoms with Crippen LogP contribution < -0.4 is 5.32 Å². The molecule has 0 saturated heterocycles. The monoisotopic (exact) mass is 380 g/mol. The van der Waals surface area contributed by atoms with Gasteiger partial charge in [-0.2, -0.15) is 0 Å². The van der Waals surface area contributed by atoms with Gasteiger partial charge in [-0.3, -0.25) is 14.4 Å². The second-order valence-corrected chi connectivity index (χ2v) is 6.37. The van der Waals surface area contributed by atoms with Crippen molar-refractivity contribution in [3.63, 3.8) is 0 Å². The second kappa shape index (κ2) is 11.3. The van der Waals surface area contributed by atoms with Crippen LogP contribution in [-0.4, -0.2) is 49.4 Å². The van der Waals surface area contributed by atoms with Crippen LogP contribution in [0.15, 0.2) is 30.3 Å². The lowest BCUT2D eigenvalue weighted by molar-refractivity contribution is -0.146. The highest BCUT2D eigenvalue weighted by molar-refractivity contribution is 6.30. The number of carbonyl (C=O) groups is 3. The standard InChI is InChI=1S/C19H25ClN2O4/c1-14(19(25)26-3)13-22(12-4-11-21-15(2)23)18(24)10-7-16-5-8-17(20)9-6-16/h5-10,14H,4,11-13H2,1-3H3,(H,21,23)/b10-7+. The average Bonchev–Trinajstić information content (AvgIpc) is 2.62. The lowest BCUT2D eigenvalue weighted by atomic mass is 10.1. The molecule has 0 aliphatic rings. The van der Waals surface area contributed by atoms with E-state index in [1.165, 1.54) is 20.1 Å². The summed E-state index contributed by atoms with van der Waals surface area (Å²) in [7, 11) is 1.32. The van der Waals surface area contributed by atoms with Crippen molar-refractivity contribution in [2.24, 2.45) is 5.92 Å². The quantitative estimate of drug-likeness (QED) is 0.406. The van der Waals surface area contributed by atoms with Crippen LogP contribution in [0.1, 0.15) is 25.8 Å². The van der Waals surface area contributed by atoms with E-state index in [1.54, 1.807) is 30.0 Å². The summed E-state index contributed by atoms with van der Waals surface area (Å²) in [6, 6.07) is 7.11. The van der Waals surface area contributed by atoms with Crippen molar-refractivity contribution in [2.45, 2.75) is 20.3 Å². The van der Waals surface area contributed by atoms with Crippen LogP contribution >= 0.6 is 11.6 Å². The van der Waals surface area contributed by atoms with Crippen molar-refractivity contribution in [3.05, 3.63) is 40.9 Å². The molecule has 2 amide bonds. The summed E-state index contributed by atoms with van der Waals surface area (Å²) in [5.74, 6) is -1.13. The number of benzene rings is 1. The zero-order valence-electron chi connectivity index (χ0n) is 15.3. The molecule has 0 radical (unpaired) electrons. The van der Waals surface area contributed by atoms with Gasteiger partial charge in [0.05, 0.1) is 13.0 Å². The minimum atomic E-state index is -0.436. The average molecular weight is 381 g/mol. The van der Waals surface area contributed by atoms with Crippen LogP contribution in [0.3, 0.4) is 0 Å². The number of esters is 1. The first kappa shape index (κ1) is 21.7. The van der Waals surface area contributed by atoms with Gasteiger partial charge < -0.3 is 15.0 Å². The summed E-state index contributed by atoms with van der Waals surface area (Å²) >= 11 is 5.85. The van der Waals surface area contributed by atoms with Crippen molar-refractivity contribution in [1.29, 1.82) is 0 Å². The first-order chi connectivity index (χ1) is 12.3. The molecule has 0 bridgehead atoms. The van der Waals surface area contributed by atoms with Gasteiger partial charge >= 0.3 is 5.97 Å². The van der Waals surface area contributed by atoms with Gasteiger partial charge in [-0.05, 0) is 30.2 Å². The van der Waals surface area contributed by atoms with Crippen LogP contribution in [-0.2, 0) is 19.1 Å². The smallest absolute Gasteiger partial charge is 0.310 e. The normalized spacial score (nSPS) is 11.8. The topological polar surface area (TPSA) is 75.7 Å². The minimum Gasteiger partial charge on any atom is -0.469 e. The van der Waals surface area contributed by atoms with Crippen LogP contribution in [0, 0.1) is 5.92 Å². The first-order valence-corrected chi connectivity index (χ1v) is 8.76. The molecule has 6 nitrogen and oxygen atoms in total. The lowest BCUT2D eigenvalue weighted by Gasteiger charge is -2.24. The Morgan fingerprint density at radius 3 is 2.50 bits per heavy atom. The molecule has 0 spiro atoms. The second-order valence-electron chi connectivity index (χ2n) is 5.93. The molecule has 0 aromatic heterocycles. The fourth-order valence-electron chi connectivity index (χ4n) is 2.28. The Bertz CT molecular complexity index is 643. The zero-order valence-corrected chi connectivity index (χ0v) is 16.1. The van der Waals surface area contributed by atoms with E-state index in [2.05, 4.69) is 5.32 Å². The number of hydrogen-bond acceptors (Lipinski definition) is 4. The van der Waals surface area contributed by atoms with Gasteiger partial charge in [0.2, 0.25) is 11.8 Å². The maximum Gasteiger partial charge on any atom is 0.310 e. The molecule has 0 saturated carbocycles. The fraction of sp³-hybridized carbons (Fsp3) is 0.421. The van der Waals surface area contributed by atoms with Crippen molar-refractivity contribution >= 4 is 35.5 Å². The number of methoxy groups -OCH3 is 1. The number of carbonyl (C=O) groups excluding carboxylic acids is 3. The van der Waals surface area contributed by atoms with E-state index in [1.807, 2.05) is 12.1 Å². The molecule has 1 rings (SSSR count). The fourth-order valence-corrected chi connectivity index (χ4v) is 2.40. The largest absolute Gasteiger partial charge is 0.469 e. The number of hydrogen-bond donors (Lipinski definition) is 1. The van der Waals surface area contributed by atoms with E-state index in [0.29, 0.717) is 24.5 Å². The molecule has 7 heteroatoms. The van der Waals surface area contributed by atoms with Crippen molar-refractivity contribution in [1.82, 2.24) is 10.2 Å². The van der Waals surface area contributed by atoms with Gasteiger partial charge in [0.15, 0.2) is 0 Å². The maximum atomic E-state index is 12.5. The number of halogens is 1. The van der Waals surface area contributed by atoms with Crippen molar-refractivity contribution in [2.75, 3.05) is 26.7 Å². The van der Waals surface area contributed by atoms with Crippen LogP contribution in [0.25, 0.3) is 6.08 Å². The van der Waals surface area contributed by atoms with Gasteiger partial charge in [-0.15, -0.1) is 0 Å². The molecule has 26 heavy (non-hydrogen) atoms. The Balaban J connectivity index is 2.73. The van der Waals surface area contributed by atoms with Crippen LogP contribution in [0.2, 0.25) is 5.02 Å². The molecule has 1 aromatic rings. The van der Waals surface area contributed by atoms with E-state index >= 15 is 0 Å². The lowest BCUT2D eigenvalue weighted by Crippen LogP contribution is -2.38. The third kappa shape index (κ3) is 8.16. The zero-order chi connectivity index (χ0) is 19.5. The number of rotatable bonds is 9. The molecule has 1 N–H and O–H groups in total. The van der Waals surface area contributed by atoms with E-state index in [0.717, 1.165) is 5.56 Å². The van der Waals surface area contributed by atoms with E-state index in [9.17, 15) is 14.4 Å². The number of amides is 2. The van der Waals surface area contributed by atoms with Gasteiger partial charge in [-0.25, -0.2) is 0 Å². The Labute approximate surface area is 159 Å². The predicted octanol–water partition coefficient (Wildman–Crippen LogP) is 2.52. The number of nitrogens with zero attached hydrogens (tertiary/aromatic N) is 1. The summed E-state index contributed by atoms with van der Waals surface area (Å²) in [5.41, 5.74) is 0.849. The summed E-state index contributed by atoms with van der Waals surface area (Å²) in [6.45, 7) is 4.29. The van der Waals surface area contributed by atoms with Gasteiger partial charge in [0, 0.05) is 37.7 Å². The summed E-state index contributed by atoms with van der Waals surface area (Å²) < 4.78 is 4.73. The first-order valence-electron chi connectivity index (χ1n) is 8.38. The van der Waals surface area contributed by atoms with E-state index in [4.69, 9.17) is 16.3 Å². The Morgan fingerprint density at radius 1 is 1.27 bits per heavy atom. The number of ether oxygens (including phenoxy) is 1. The van der Waals surface area contributed by atoms with Crippen LogP contribution in [0.5, 0.6) is 0 Å². The molecule has 142 valence electrons. The molecule has 1 unspecified atom stereocenters. The van der Waals surface area contributed by atoms with Crippen LogP contribution in [0.4, 0.5) is 0 Å². The molecule has 0 heterocycles.